The molecule has 0 saturated carbocycles. The van der Waals surface area contributed by atoms with E-state index in [4.69, 9.17) is 0 Å². The summed E-state index contributed by atoms with van der Waals surface area (Å²) in [6, 6.07) is 7.81. The summed E-state index contributed by atoms with van der Waals surface area (Å²) in [5.41, 5.74) is 0.557. The number of imide groups is 1. The van der Waals surface area contributed by atoms with Crippen LogP contribution in [-0.2, 0) is 9.59 Å². The number of nitrogens with zero attached hydrogens (tertiary/aromatic N) is 2. The van der Waals surface area contributed by atoms with Crippen molar-refractivity contribution in [1.29, 1.82) is 0 Å². The van der Waals surface area contributed by atoms with Crippen molar-refractivity contribution in [3.8, 4) is 0 Å². The summed E-state index contributed by atoms with van der Waals surface area (Å²) in [6.07, 6.45) is 1.63. The summed E-state index contributed by atoms with van der Waals surface area (Å²) in [4.78, 5) is 42.9. The zero-order valence-electron chi connectivity index (χ0n) is 13.5. The lowest BCUT2D eigenvalue weighted by molar-refractivity contribution is -0.127. The van der Waals surface area contributed by atoms with E-state index in [1.807, 2.05) is 17.5 Å². The van der Waals surface area contributed by atoms with Gasteiger partial charge in [-0.15, -0.1) is 11.3 Å². The number of thiophene rings is 1. The van der Waals surface area contributed by atoms with Gasteiger partial charge in [-0.2, -0.15) is 0 Å². The number of hydrogen-bond donors (Lipinski definition) is 1. The van der Waals surface area contributed by atoms with E-state index in [9.17, 15) is 18.8 Å². The lowest BCUT2D eigenvalue weighted by atomic mass is 10.3. The molecular formula is C17H10FN3O3S3. The average Bonchev–Trinajstić information content (AvgIpc) is 3.32. The minimum absolute atomic E-state index is 0.279. The van der Waals surface area contributed by atoms with E-state index in [0.29, 0.717) is 10.2 Å². The fraction of sp³-hybridized carbons (Fsp3) is 0.0588. The second-order valence-corrected chi connectivity index (χ2v) is 8.47. The topological polar surface area (TPSA) is 79.4 Å². The van der Waals surface area contributed by atoms with Crippen molar-refractivity contribution in [2.24, 2.45) is 0 Å². The van der Waals surface area contributed by atoms with E-state index in [-0.39, 0.29) is 15.9 Å². The Kier molecular flexibility index (Phi) is 4.77. The highest BCUT2D eigenvalue weighted by molar-refractivity contribution is 8.18. The first-order chi connectivity index (χ1) is 13.0. The molecule has 6 nitrogen and oxygen atoms in total. The number of aromatic nitrogens is 1. The monoisotopic (exact) mass is 419 g/mol. The number of fused-ring (bicyclic) bond motifs is 1. The Hall–Kier alpha value is -2.56. The van der Waals surface area contributed by atoms with Gasteiger partial charge in [-0.3, -0.25) is 19.3 Å². The maximum atomic E-state index is 13.2. The van der Waals surface area contributed by atoms with Crippen LogP contribution in [0.5, 0.6) is 0 Å². The van der Waals surface area contributed by atoms with Gasteiger partial charge < -0.3 is 5.32 Å². The third-order valence-corrected chi connectivity index (χ3v) is 6.25. The fourth-order valence-electron chi connectivity index (χ4n) is 2.39. The van der Waals surface area contributed by atoms with Gasteiger partial charge in [0.05, 0.1) is 15.1 Å². The van der Waals surface area contributed by atoms with Gasteiger partial charge in [0.25, 0.3) is 11.1 Å². The molecule has 4 rings (SSSR count). The number of nitrogens with one attached hydrogen (secondary N) is 1. The van der Waals surface area contributed by atoms with Crippen molar-refractivity contribution in [1.82, 2.24) is 9.88 Å². The van der Waals surface area contributed by atoms with Gasteiger partial charge in [-0.05, 0) is 47.5 Å². The standard InChI is InChI=1S/C17H10FN3O3S3/c18-9-3-4-11-12(6-9)26-16(19-11)20-14(22)8-21-15(23)13(27-17(21)24)7-10-2-1-5-25-10/h1-7H,8H2,(H,19,20,22)/b13-7-. The highest BCUT2D eigenvalue weighted by Crippen LogP contribution is 2.33. The zero-order valence-corrected chi connectivity index (χ0v) is 15.9. The highest BCUT2D eigenvalue weighted by Gasteiger charge is 2.36. The summed E-state index contributed by atoms with van der Waals surface area (Å²) >= 11 is 3.37. The van der Waals surface area contributed by atoms with Gasteiger partial charge in [0.15, 0.2) is 5.13 Å². The van der Waals surface area contributed by atoms with Crippen molar-refractivity contribution >= 4 is 72.9 Å². The van der Waals surface area contributed by atoms with E-state index in [2.05, 4.69) is 10.3 Å². The van der Waals surface area contributed by atoms with Crippen LogP contribution in [0.25, 0.3) is 16.3 Å². The molecule has 3 aromatic rings. The molecule has 2 aromatic heterocycles. The van der Waals surface area contributed by atoms with Gasteiger partial charge >= 0.3 is 0 Å². The minimum atomic E-state index is -0.547. The molecule has 0 atom stereocenters. The van der Waals surface area contributed by atoms with Crippen LogP contribution in [0, 0.1) is 5.82 Å². The predicted octanol–water partition coefficient (Wildman–Crippen LogP) is 4.17. The normalized spacial score (nSPS) is 15.9. The Morgan fingerprint density at radius 2 is 2.15 bits per heavy atom. The molecule has 3 amide bonds. The number of rotatable bonds is 4. The zero-order chi connectivity index (χ0) is 19.0. The van der Waals surface area contributed by atoms with Crippen LogP contribution in [0.3, 0.4) is 0 Å². The van der Waals surface area contributed by atoms with Crippen LogP contribution in [0.15, 0.2) is 40.6 Å². The van der Waals surface area contributed by atoms with Crippen LogP contribution >= 0.6 is 34.4 Å². The minimum Gasteiger partial charge on any atom is -0.300 e. The van der Waals surface area contributed by atoms with E-state index >= 15 is 0 Å². The Morgan fingerprint density at radius 3 is 2.93 bits per heavy atom. The quantitative estimate of drug-likeness (QED) is 0.642. The lowest BCUT2D eigenvalue weighted by Crippen LogP contribution is -2.36. The van der Waals surface area contributed by atoms with Crippen LogP contribution in [0.2, 0.25) is 0 Å². The first-order valence-electron chi connectivity index (χ1n) is 7.64. The number of carbonyl (C=O) groups excluding carboxylic acids is 3. The van der Waals surface area contributed by atoms with E-state index < -0.39 is 23.6 Å². The van der Waals surface area contributed by atoms with E-state index in [1.165, 1.54) is 29.5 Å². The number of carbonyl (C=O) groups is 3. The highest BCUT2D eigenvalue weighted by atomic mass is 32.2. The Bertz CT molecular complexity index is 1090. The average molecular weight is 419 g/mol. The summed E-state index contributed by atoms with van der Waals surface area (Å²) in [5.74, 6) is -1.44. The summed E-state index contributed by atoms with van der Waals surface area (Å²) in [6.45, 7) is -0.406. The molecule has 27 heavy (non-hydrogen) atoms. The number of anilines is 1. The molecule has 3 heterocycles. The first kappa shape index (κ1) is 17.8. The maximum absolute atomic E-state index is 13.2. The third-order valence-electron chi connectivity index (χ3n) is 3.59. The Morgan fingerprint density at radius 1 is 1.30 bits per heavy atom. The van der Waals surface area contributed by atoms with Crippen LogP contribution in [-0.4, -0.2) is 33.5 Å². The molecule has 0 unspecified atom stereocenters. The first-order valence-corrected chi connectivity index (χ1v) is 10.2. The molecule has 0 bridgehead atoms. The second kappa shape index (κ2) is 7.22. The summed E-state index contributed by atoms with van der Waals surface area (Å²) < 4.78 is 13.8. The molecule has 0 aliphatic carbocycles. The van der Waals surface area contributed by atoms with Crippen molar-refractivity contribution in [2.45, 2.75) is 0 Å². The molecule has 1 aromatic carbocycles. The fourth-order valence-corrected chi connectivity index (χ4v) is 4.86. The lowest BCUT2D eigenvalue weighted by Gasteiger charge is -2.11. The molecule has 1 aliphatic rings. The van der Waals surface area contributed by atoms with Crippen molar-refractivity contribution < 1.29 is 18.8 Å². The number of benzene rings is 1. The van der Waals surface area contributed by atoms with E-state index in [0.717, 1.165) is 32.9 Å². The van der Waals surface area contributed by atoms with Gasteiger partial charge in [0.2, 0.25) is 5.91 Å². The third kappa shape index (κ3) is 3.77. The SMILES string of the molecule is O=C(CN1C(=O)S/C(=C\c2cccs2)C1=O)Nc1nc2ccc(F)cc2s1. The molecule has 1 fully saturated rings. The smallest absolute Gasteiger partial charge is 0.294 e. The second-order valence-electron chi connectivity index (χ2n) is 5.46. The maximum Gasteiger partial charge on any atom is 0.294 e. The predicted molar refractivity (Wildman–Crippen MR) is 105 cm³/mol. The number of halogens is 1. The molecule has 1 N–H and O–H groups in total. The summed E-state index contributed by atoms with van der Waals surface area (Å²) in [7, 11) is 0. The molecule has 0 spiro atoms. The largest absolute Gasteiger partial charge is 0.300 e. The van der Waals surface area contributed by atoms with Gasteiger partial charge in [0.1, 0.15) is 12.4 Å². The number of thiazole rings is 1. The molecule has 1 aliphatic heterocycles. The van der Waals surface area contributed by atoms with Crippen molar-refractivity contribution in [3.63, 3.8) is 0 Å². The number of amides is 3. The van der Waals surface area contributed by atoms with Gasteiger partial charge in [-0.25, -0.2) is 9.37 Å². The molecule has 0 radical (unpaired) electrons. The Balaban J connectivity index is 1.45. The number of hydrogen-bond acceptors (Lipinski definition) is 7. The van der Waals surface area contributed by atoms with Crippen LogP contribution < -0.4 is 5.32 Å². The molecular weight excluding hydrogens is 409 g/mol. The summed E-state index contributed by atoms with van der Waals surface area (Å²) in [5, 5.41) is 4.20. The van der Waals surface area contributed by atoms with Crippen LogP contribution in [0.4, 0.5) is 14.3 Å². The van der Waals surface area contributed by atoms with Crippen molar-refractivity contribution in [2.75, 3.05) is 11.9 Å². The van der Waals surface area contributed by atoms with Gasteiger partial charge in [-0.1, -0.05) is 17.4 Å². The van der Waals surface area contributed by atoms with Crippen LogP contribution in [0.1, 0.15) is 4.88 Å². The van der Waals surface area contributed by atoms with E-state index in [1.54, 1.807) is 6.08 Å². The number of thioether (sulfide) groups is 1. The Labute approximate surface area is 164 Å². The molecule has 136 valence electrons. The molecule has 10 heteroatoms. The van der Waals surface area contributed by atoms with Crippen molar-refractivity contribution in [3.05, 3.63) is 51.3 Å². The molecule has 1 saturated heterocycles. The van der Waals surface area contributed by atoms with Gasteiger partial charge in [0, 0.05) is 4.88 Å².